The molecule has 0 bridgehead atoms. The Balaban J connectivity index is 2.71. The molecule has 1 saturated heterocycles. The van der Waals surface area contributed by atoms with Gasteiger partial charge in [-0.1, -0.05) is 0 Å². The van der Waals surface area contributed by atoms with Crippen LogP contribution in [0.3, 0.4) is 0 Å². The molecular weight excluding hydrogens is 238 g/mol. The molecule has 1 aliphatic heterocycles. The molecule has 1 heterocycles. The number of hydrogen-bond acceptors (Lipinski definition) is 3. The highest BCUT2D eigenvalue weighted by Crippen LogP contribution is 2.23. The van der Waals surface area contributed by atoms with E-state index >= 15 is 0 Å². The molecule has 2 N–H and O–H groups in total. The summed E-state index contributed by atoms with van der Waals surface area (Å²) < 4.78 is 27.6. The quantitative estimate of drug-likeness (QED) is 0.791. The summed E-state index contributed by atoms with van der Waals surface area (Å²) in [5.41, 5.74) is 5.54. The van der Waals surface area contributed by atoms with Crippen molar-refractivity contribution >= 4 is 10.2 Å². The van der Waals surface area contributed by atoms with E-state index in [9.17, 15) is 8.42 Å². The van der Waals surface area contributed by atoms with E-state index in [1.165, 1.54) is 4.31 Å². The molecule has 0 spiro atoms. The first kappa shape index (κ1) is 14.9. The number of piperidine rings is 1. The fraction of sp³-hybridized carbons (Fsp3) is 1.00. The molecule has 1 atom stereocenters. The zero-order valence-electron chi connectivity index (χ0n) is 11.1. The number of nitrogens with two attached hydrogens (primary N) is 1. The monoisotopic (exact) mass is 263 g/mol. The van der Waals surface area contributed by atoms with E-state index in [4.69, 9.17) is 5.73 Å². The lowest BCUT2D eigenvalue weighted by molar-refractivity contribution is 0.239. The van der Waals surface area contributed by atoms with E-state index in [-0.39, 0.29) is 6.04 Å². The van der Waals surface area contributed by atoms with Crippen LogP contribution in [0.25, 0.3) is 0 Å². The van der Waals surface area contributed by atoms with Crippen LogP contribution in [0.4, 0.5) is 0 Å². The summed E-state index contributed by atoms with van der Waals surface area (Å²) in [6.07, 6.45) is 2.95. The number of rotatable bonds is 5. The van der Waals surface area contributed by atoms with Crippen LogP contribution in [0.2, 0.25) is 0 Å². The third-order valence-corrected chi connectivity index (χ3v) is 5.61. The van der Waals surface area contributed by atoms with Gasteiger partial charge in [0.05, 0.1) is 0 Å². The van der Waals surface area contributed by atoms with Crippen molar-refractivity contribution in [1.82, 2.24) is 8.61 Å². The lowest BCUT2D eigenvalue weighted by Crippen LogP contribution is -2.48. The average molecular weight is 263 g/mol. The van der Waals surface area contributed by atoms with Gasteiger partial charge in [0.15, 0.2) is 0 Å². The van der Waals surface area contributed by atoms with Crippen molar-refractivity contribution in [2.24, 2.45) is 11.7 Å². The number of nitrogens with zero attached hydrogens (tertiary/aromatic N) is 2. The van der Waals surface area contributed by atoms with Crippen LogP contribution in [0.5, 0.6) is 0 Å². The summed E-state index contributed by atoms with van der Waals surface area (Å²) in [6.45, 7) is 5.67. The van der Waals surface area contributed by atoms with Gasteiger partial charge in [0.25, 0.3) is 10.2 Å². The van der Waals surface area contributed by atoms with Crippen LogP contribution in [0.15, 0.2) is 0 Å². The SMILES string of the molecule is CC(C)N(C)S(=O)(=O)N1CCCC(CCN)C1. The minimum atomic E-state index is -3.29. The van der Waals surface area contributed by atoms with Crippen LogP contribution in [0, 0.1) is 5.92 Å². The Morgan fingerprint density at radius 1 is 1.47 bits per heavy atom. The molecular formula is C11H25N3O2S. The Morgan fingerprint density at radius 2 is 2.12 bits per heavy atom. The molecule has 0 aliphatic carbocycles. The maximum atomic E-state index is 12.3. The van der Waals surface area contributed by atoms with Gasteiger partial charge in [0, 0.05) is 26.2 Å². The van der Waals surface area contributed by atoms with Gasteiger partial charge in [0.1, 0.15) is 0 Å². The van der Waals surface area contributed by atoms with Gasteiger partial charge in [-0.05, 0) is 45.6 Å². The molecule has 0 radical (unpaired) electrons. The van der Waals surface area contributed by atoms with Crippen LogP contribution >= 0.6 is 0 Å². The molecule has 5 nitrogen and oxygen atoms in total. The smallest absolute Gasteiger partial charge is 0.281 e. The molecule has 17 heavy (non-hydrogen) atoms. The highest BCUT2D eigenvalue weighted by atomic mass is 32.2. The second-order valence-corrected chi connectivity index (χ2v) is 7.05. The average Bonchev–Trinajstić information content (AvgIpc) is 2.28. The zero-order chi connectivity index (χ0) is 13.1. The van der Waals surface area contributed by atoms with Crippen LogP contribution < -0.4 is 5.73 Å². The van der Waals surface area contributed by atoms with Crippen molar-refractivity contribution in [2.45, 2.75) is 39.2 Å². The molecule has 0 aromatic heterocycles. The molecule has 0 saturated carbocycles. The second-order valence-electron chi connectivity index (χ2n) is 5.06. The van der Waals surface area contributed by atoms with E-state index in [1.54, 1.807) is 11.4 Å². The van der Waals surface area contributed by atoms with Crippen molar-refractivity contribution in [1.29, 1.82) is 0 Å². The van der Waals surface area contributed by atoms with E-state index in [0.29, 0.717) is 25.6 Å². The van der Waals surface area contributed by atoms with Crippen LogP contribution in [-0.2, 0) is 10.2 Å². The summed E-state index contributed by atoms with van der Waals surface area (Å²) in [5.74, 6) is 0.420. The molecule has 0 aromatic rings. The maximum Gasteiger partial charge on any atom is 0.281 e. The summed E-state index contributed by atoms with van der Waals surface area (Å²) in [5, 5.41) is 0. The van der Waals surface area contributed by atoms with Crippen LogP contribution in [-0.4, -0.2) is 49.8 Å². The van der Waals surface area contributed by atoms with E-state index in [1.807, 2.05) is 13.8 Å². The third kappa shape index (κ3) is 3.64. The lowest BCUT2D eigenvalue weighted by Gasteiger charge is -2.35. The van der Waals surface area contributed by atoms with Crippen molar-refractivity contribution in [3.05, 3.63) is 0 Å². The maximum absolute atomic E-state index is 12.3. The van der Waals surface area contributed by atoms with E-state index in [2.05, 4.69) is 0 Å². The first-order valence-corrected chi connectivity index (χ1v) is 7.72. The molecule has 1 aliphatic rings. The van der Waals surface area contributed by atoms with Crippen molar-refractivity contribution in [3.63, 3.8) is 0 Å². The minimum absolute atomic E-state index is 0.00474. The van der Waals surface area contributed by atoms with Gasteiger partial charge in [-0.25, -0.2) is 0 Å². The largest absolute Gasteiger partial charge is 0.330 e. The Morgan fingerprint density at radius 3 is 2.65 bits per heavy atom. The molecule has 0 amide bonds. The number of hydrogen-bond donors (Lipinski definition) is 1. The first-order chi connectivity index (χ1) is 7.89. The molecule has 102 valence electrons. The molecule has 0 aromatic carbocycles. The fourth-order valence-corrected chi connectivity index (χ4v) is 3.81. The fourth-order valence-electron chi connectivity index (χ4n) is 2.16. The summed E-state index contributed by atoms with van der Waals surface area (Å²) >= 11 is 0. The lowest BCUT2D eigenvalue weighted by atomic mass is 9.96. The van der Waals surface area contributed by atoms with Gasteiger partial charge in [-0.2, -0.15) is 17.0 Å². The Hall–Kier alpha value is -0.170. The highest BCUT2D eigenvalue weighted by molar-refractivity contribution is 7.86. The standard InChI is InChI=1S/C11H25N3O2S/c1-10(2)13(3)17(15,16)14-8-4-5-11(9-14)6-7-12/h10-11H,4-9,12H2,1-3H3. The first-order valence-electron chi connectivity index (χ1n) is 6.32. The van der Waals surface area contributed by atoms with Crippen LogP contribution in [0.1, 0.15) is 33.1 Å². The Labute approximate surface area is 105 Å². The minimum Gasteiger partial charge on any atom is -0.330 e. The zero-order valence-corrected chi connectivity index (χ0v) is 11.9. The molecule has 1 unspecified atom stereocenters. The van der Waals surface area contributed by atoms with Gasteiger partial charge in [-0.3, -0.25) is 0 Å². The predicted octanol–water partition coefficient (Wildman–Crippen LogP) is 0.632. The summed E-state index contributed by atoms with van der Waals surface area (Å²) in [7, 11) is -1.64. The predicted molar refractivity (Wildman–Crippen MR) is 69.8 cm³/mol. The Bertz CT molecular complexity index is 328. The molecule has 1 fully saturated rings. The molecule has 6 heteroatoms. The van der Waals surface area contributed by atoms with Crippen molar-refractivity contribution < 1.29 is 8.42 Å². The van der Waals surface area contributed by atoms with Gasteiger partial charge < -0.3 is 5.73 Å². The third-order valence-electron chi connectivity index (χ3n) is 3.47. The normalized spacial score (nSPS) is 23.5. The van der Waals surface area contributed by atoms with Gasteiger partial charge in [-0.15, -0.1) is 0 Å². The highest BCUT2D eigenvalue weighted by Gasteiger charge is 2.32. The van der Waals surface area contributed by atoms with Crippen molar-refractivity contribution in [3.8, 4) is 0 Å². The van der Waals surface area contributed by atoms with Gasteiger partial charge in [0.2, 0.25) is 0 Å². The summed E-state index contributed by atoms with van der Waals surface area (Å²) in [6, 6.07) is -0.00474. The van der Waals surface area contributed by atoms with E-state index < -0.39 is 10.2 Å². The van der Waals surface area contributed by atoms with Gasteiger partial charge >= 0.3 is 0 Å². The Kier molecular flexibility index (Phi) is 5.37. The topological polar surface area (TPSA) is 66.6 Å². The summed E-state index contributed by atoms with van der Waals surface area (Å²) in [4.78, 5) is 0. The van der Waals surface area contributed by atoms with Crippen molar-refractivity contribution in [2.75, 3.05) is 26.7 Å². The second kappa shape index (κ2) is 6.13. The molecule has 1 rings (SSSR count). The van der Waals surface area contributed by atoms with E-state index in [0.717, 1.165) is 19.3 Å².